The number of nitrogens with one attached hydrogen (secondary N) is 2. The zero-order valence-electron chi connectivity index (χ0n) is 8.07. The molecule has 0 aliphatic heterocycles. The smallest absolute Gasteiger partial charge is 0.421 e. The van der Waals surface area contributed by atoms with Crippen LogP contribution >= 0.6 is 0 Å². The lowest BCUT2D eigenvalue weighted by Gasteiger charge is -2.18. The molecule has 0 spiro atoms. The van der Waals surface area contributed by atoms with Crippen LogP contribution in [0.2, 0.25) is 0 Å². The molecule has 0 rings (SSSR count). The first-order valence-electron chi connectivity index (χ1n) is 4.48. The summed E-state index contributed by atoms with van der Waals surface area (Å²) in [6.45, 7) is 2.23. The van der Waals surface area contributed by atoms with E-state index in [1.165, 1.54) is 0 Å². The fourth-order valence-corrected chi connectivity index (χ4v) is 0.849. The van der Waals surface area contributed by atoms with Gasteiger partial charge in [-0.15, -0.1) is 0 Å². The summed E-state index contributed by atoms with van der Waals surface area (Å²) in [7, 11) is 0. The zero-order chi connectivity index (χ0) is 10.8. The molecule has 0 atom stereocenters. The lowest BCUT2D eigenvalue weighted by molar-refractivity contribution is 0.106. The zero-order valence-corrected chi connectivity index (χ0v) is 8.07. The topological polar surface area (TPSA) is 111 Å². The van der Waals surface area contributed by atoms with Gasteiger partial charge < -0.3 is 21.3 Å². The first kappa shape index (κ1) is 13.1. The Morgan fingerprint density at radius 3 is 2.57 bits per heavy atom. The van der Waals surface area contributed by atoms with Gasteiger partial charge in [0.05, 0.1) is 13.2 Å². The number of hydrogen-bond donors (Lipinski definition) is 5. The highest BCUT2D eigenvalue weighted by Crippen LogP contribution is 1.81. The molecule has 7 heteroatoms. The molecule has 14 heavy (non-hydrogen) atoms. The van der Waals surface area contributed by atoms with Gasteiger partial charge in [0.15, 0.2) is 0 Å². The predicted octanol–water partition coefficient (Wildman–Crippen LogP) is -1.99. The minimum absolute atomic E-state index is 0.0617. The Hall–Kier alpha value is -0.890. The number of nitrogens with zero attached hydrogens (tertiary/aromatic N) is 1. The standard InChI is InChI=1S/C7H18N4O3/c8-1-2-9-3-4-10-11(5-6-12)7(13)14/h9-10,12H,1-6,8H2,(H,13,14). The maximum atomic E-state index is 10.5. The van der Waals surface area contributed by atoms with E-state index in [0.29, 0.717) is 26.2 Å². The molecule has 0 unspecified atom stereocenters. The van der Waals surface area contributed by atoms with E-state index < -0.39 is 6.09 Å². The van der Waals surface area contributed by atoms with Gasteiger partial charge in [-0.1, -0.05) is 0 Å². The second-order valence-corrected chi connectivity index (χ2v) is 2.60. The second-order valence-electron chi connectivity index (χ2n) is 2.60. The van der Waals surface area contributed by atoms with Crippen molar-refractivity contribution < 1.29 is 15.0 Å². The summed E-state index contributed by atoms with van der Waals surface area (Å²) in [6, 6.07) is 0. The van der Waals surface area contributed by atoms with Crippen molar-refractivity contribution in [3.8, 4) is 0 Å². The number of amides is 1. The van der Waals surface area contributed by atoms with E-state index in [9.17, 15) is 4.79 Å². The molecule has 0 heterocycles. The molecule has 84 valence electrons. The van der Waals surface area contributed by atoms with Gasteiger partial charge >= 0.3 is 6.09 Å². The number of aliphatic hydroxyl groups is 1. The maximum Gasteiger partial charge on any atom is 0.421 e. The fourth-order valence-electron chi connectivity index (χ4n) is 0.849. The molecule has 0 aliphatic rings. The third kappa shape index (κ3) is 6.61. The van der Waals surface area contributed by atoms with Crippen LogP contribution in [0.1, 0.15) is 0 Å². The molecule has 1 amide bonds. The molecule has 0 saturated carbocycles. The third-order valence-corrected chi connectivity index (χ3v) is 1.48. The number of nitrogens with two attached hydrogens (primary N) is 1. The highest BCUT2D eigenvalue weighted by atomic mass is 16.4. The minimum atomic E-state index is -1.10. The Bertz CT molecular complexity index is 156. The van der Waals surface area contributed by atoms with E-state index in [0.717, 1.165) is 5.01 Å². The minimum Gasteiger partial charge on any atom is -0.464 e. The van der Waals surface area contributed by atoms with Crippen LogP contribution in [0.3, 0.4) is 0 Å². The molecule has 0 aromatic carbocycles. The van der Waals surface area contributed by atoms with Crippen LogP contribution in [0.4, 0.5) is 4.79 Å². The van der Waals surface area contributed by atoms with Crippen molar-refractivity contribution in [3.63, 3.8) is 0 Å². The average Bonchev–Trinajstić information content (AvgIpc) is 2.15. The Balaban J connectivity index is 3.46. The van der Waals surface area contributed by atoms with Gasteiger partial charge in [0.25, 0.3) is 0 Å². The number of carbonyl (C=O) groups is 1. The Morgan fingerprint density at radius 2 is 2.07 bits per heavy atom. The summed E-state index contributed by atoms with van der Waals surface area (Å²) < 4.78 is 0. The Morgan fingerprint density at radius 1 is 1.36 bits per heavy atom. The highest BCUT2D eigenvalue weighted by Gasteiger charge is 2.08. The molecule has 0 bridgehead atoms. The van der Waals surface area contributed by atoms with Crippen molar-refractivity contribution in [2.24, 2.45) is 5.73 Å². The van der Waals surface area contributed by atoms with Crippen molar-refractivity contribution in [2.45, 2.75) is 0 Å². The van der Waals surface area contributed by atoms with Gasteiger partial charge in [-0.25, -0.2) is 15.2 Å². The summed E-state index contributed by atoms with van der Waals surface area (Å²) in [6.07, 6.45) is -1.10. The van der Waals surface area contributed by atoms with Gasteiger partial charge in [0, 0.05) is 26.2 Å². The highest BCUT2D eigenvalue weighted by molar-refractivity contribution is 5.64. The van der Waals surface area contributed by atoms with Crippen molar-refractivity contribution in [1.29, 1.82) is 0 Å². The van der Waals surface area contributed by atoms with Crippen LogP contribution < -0.4 is 16.5 Å². The molecule has 0 radical (unpaired) electrons. The number of carboxylic acid groups (broad SMARTS) is 1. The lowest BCUT2D eigenvalue weighted by Crippen LogP contribution is -2.46. The third-order valence-electron chi connectivity index (χ3n) is 1.48. The fraction of sp³-hybridized carbons (Fsp3) is 0.857. The largest absolute Gasteiger partial charge is 0.464 e. The molecule has 0 aromatic heterocycles. The molecule has 7 nitrogen and oxygen atoms in total. The summed E-state index contributed by atoms with van der Waals surface area (Å²) >= 11 is 0. The van der Waals surface area contributed by atoms with Crippen LogP contribution in [-0.4, -0.2) is 60.6 Å². The van der Waals surface area contributed by atoms with E-state index >= 15 is 0 Å². The Labute approximate surface area is 82.8 Å². The number of hydrazine groups is 1. The molecule has 0 aliphatic carbocycles. The van der Waals surface area contributed by atoms with Crippen LogP contribution in [-0.2, 0) is 0 Å². The normalized spacial score (nSPS) is 10.1. The second kappa shape index (κ2) is 8.70. The molecular weight excluding hydrogens is 188 g/mol. The van der Waals surface area contributed by atoms with Gasteiger partial charge in [-0.05, 0) is 0 Å². The number of hydrogen-bond acceptors (Lipinski definition) is 5. The van der Waals surface area contributed by atoms with Gasteiger partial charge in [0.2, 0.25) is 0 Å². The lowest BCUT2D eigenvalue weighted by atomic mass is 10.5. The molecular formula is C7H18N4O3. The van der Waals surface area contributed by atoms with Crippen molar-refractivity contribution in [1.82, 2.24) is 15.8 Å². The first-order chi connectivity index (χ1) is 6.72. The summed E-state index contributed by atoms with van der Waals surface area (Å²) in [5, 5.41) is 21.1. The van der Waals surface area contributed by atoms with Gasteiger partial charge in [-0.2, -0.15) is 0 Å². The number of rotatable bonds is 8. The van der Waals surface area contributed by atoms with Crippen LogP contribution in [0, 0.1) is 0 Å². The van der Waals surface area contributed by atoms with E-state index in [-0.39, 0.29) is 13.2 Å². The van der Waals surface area contributed by atoms with E-state index in [1.807, 2.05) is 0 Å². The monoisotopic (exact) mass is 206 g/mol. The maximum absolute atomic E-state index is 10.5. The Kier molecular flexibility index (Phi) is 8.14. The van der Waals surface area contributed by atoms with Crippen molar-refractivity contribution in [2.75, 3.05) is 39.3 Å². The summed E-state index contributed by atoms with van der Waals surface area (Å²) in [5.74, 6) is 0. The van der Waals surface area contributed by atoms with Gasteiger partial charge in [-0.3, -0.25) is 0 Å². The summed E-state index contributed by atoms with van der Waals surface area (Å²) in [5.41, 5.74) is 7.90. The van der Waals surface area contributed by atoms with Crippen LogP contribution in [0.5, 0.6) is 0 Å². The van der Waals surface area contributed by atoms with Crippen LogP contribution in [0.15, 0.2) is 0 Å². The van der Waals surface area contributed by atoms with E-state index in [4.69, 9.17) is 15.9 Å². The molecule has 0 fully saturated rings. The SMILES string of the molecule is NCCNCCNN(CCO)C(=O)O. The molecule has 6 N–H and O–H groups in total. The average molecular weight is 206 g/mol. The molecule has 0 aromatic rings. The van der Waals surface area contributed by atoms with Crippen molar-refractivity contribution in [3.05, 3.63) is 0 Å². The molecule has 0 saturated heterocycles. The first-order valence-corrected chi connectivity index (χ1v) is 4.48. The van der Waals surface area contributed by atoms with E-state index in [2.05, 4.69) is 10.7 Å². The predicted molar refractivity (Wildman–Crippen MR) is 51.7 cm³/mol. The van der Waals surface area contributed by atoms with Crippen molar-refractivity contribution >= 4 is 6.09 Å². The van der Waals surface area contributed by atoms with Crippen LogP contribution in [0.25, 0.3) is 0 Å². The van der Waals surface area contributed by atoms with E-state index in [1.54, 1.807) is 0 Å². The quantitative estimate of drug-likeness (QED) is 0.232. The van der Waals surface area contributed by atoms with Gasteiger partial charge in [0.1, 0.15) is 0 Å². The summed E-state index contributed by atoms with van der Waals surface area (Å²) in [4.78, 5) is 10.5. The number of aliphatic hydroxyl groups excluding tert-OH is 1.